The largest absolute Gasteiger partial charge is 0.393 e. The van der Waals surface area contributed by atoms with E-state index in [9.17, 15) is 4.79 Å². The van der Waals surface area contributed by atoms with Gasteiger partial charge in [0, 0.05) is 25.7 Å². The van der Waals surface area contributed by atoms with E-state index in [1.54, 1.807) is 18.3 Å². The molecule has 0 unspecified atom stereocenters. The van der Waals surface area contributed by atoms with Crippen LogP contribution in [0.25, 0.3) is 0 Å². The fraction of sp³-hybridized carbons (Fsp3) is 0.615. The Morgan fingerprint density at radius 3 is 3.00 bits per heavy atom. The van der Waals surface area contributed by atoms with E-state index in [1.807, 2.05) is 4.57 Å². The Balaban J connectivity index is 1.95. The molecule has 0 aromatic carbocycles. The van der Waals surface area contributed by atoms with Crippen molar-refractivity contribution in [2.45, 2.75) is 38.6 Å². The lowest BCUT2D eigenvalue weighted by Crippen LogP contribution is -2.33. The number of nitrogens with zero attached hydrogens (tertiary/aromatic N) is 3. The first-order valence-corrected chi connectivity index (χ1v) is 7.04. The molecule has 104 valence electrons. The maximum atomic E-state index is 12.1. The number of hydrogen-bond acceptors (Lipinski definition) is 3. The molecule has 0 radical (unpaired) electrons. The summed E-state index contributed by atoms with van der Waals surface area (Å²) >= 11 is 4.82. The molecule has 0 atom stereocenters. The molecule has 1 aliphatic carbocycles. The lowest BCUT2D eigenvalue weighted by molar-refractivity contribution is -0.130. The van der Waals surface area contributed by atoms with Crippen molar-refractivity contribution in [1.82, 2.24) is 14.5 Å². The minimum atomic E-state index is 0.0713. The lowest BCUT2D eigenvalue weighted by atomic mass is 10.0. The highest BCUT2D eigenvalue weighted by atomic mass is 32.1. The standard InChI is InChI=1S/C13H20N4OS/c1-16(7-6-12(14)19)13(18)8-17-9-15-10-4-2-3-5-11(10)17/h9H,2-8H2,1H3,(H2,14,19). The number of carbonyl (C=O) groups excluding carboxylic acids is 1. The summed E-state index contributed by atoms with van der Waals surface area (Å²) in [5.74, 6) is 0.0713. The molecule has 19 heavy (non-hydrogen) atoms. The quantitative estimate of drug-likeness (QED) is 0.814. The highest BCUT2D eigenvalue weighted by Crippen LogP contribution is 2.19. The van der Waals surface area contributed by atoms with Crippen LogP contribution in [0.5, 0.6) is 0 Å². The van der Waals surface area contributed by atoms with Crippen LogP contribution in [0.4, 0.5) is 0 Å². The first kappa shape index (κ1) is 14.0. The first-order chi connectivity index (χ1) is 9.08. The molecule has 0 saturated carbocycles. The Morgan fingerprint density at radius 2 is 2.26 bits per heavy atom. The van der Waals surface area contributed by atoms with E-state index in [2.05, 4.69) is 4.98 Å². The van der Waals surface area contributed by atoms with Crippen LogP contribution in [0.3, 0.4) is 0 Å². The van der Waals surface area contributed by atoms with Gasteiger partial charge in [-0.2, -0.15) is 0 Å². The number of carbonyl (C=O) groups is 1. The average Bonchev–Trinajstić information content (AvgIpc) is 2.79. The summed E-state index contributed by atoms with van der Waals surface area (Å²) in [6.45, 7) is 0.932. The molecule has 1 aromatic heterocycles. The molecule has 0 spiro atoms. The maximum Gasteiger partial charge on any atom is 0.242 e. The number of aromatic nitrogens is 2. The third-order valence-corrected chi connectivity index (χ3v) is 3.74. The zero-order chi connectivity index (χ0) is 13.8. The van der Waals surface area contributed by atoms with Gasteiger partial charge in [0.05, 0.1) is 17.0 Å². The molecule has 1 amide bonds. The van der Waals surface area contributed by atoms with Crippen molar-refractivity contribution in [3.8, 4) is 0 Å². The fourth-order valence-electron chi connectivity index (χ4n) is 2.34. The van der Waals surface area contributed by atoms with Gasteiger partial charge in [0.15, 0.2) is 0 Å². The Hall–Kier alpha value is -1.43. The van der Waals surface area contributed by atoms with Gasteiger partial charge in [-0.15, -0.1) is 0 Å². The maximum absolute atomic E-state index is 12.1. The minimum Gasteiger partial charge on any atom is -0.393 e. The van der Waals surface area contributed by atoms with Crippen molar-refractivity contribution < 1.29 is 4.79 Å². The Morgan fingerprint density at radius 1 is 1.53 bits per heavy atom. The molecule has 5 nitrogen and oxygen atoms in total. The van der Waals surface area contributed by atoms with E-state index in [1.165, 1.54) is 18.5 Å². The molecular formula is C13H20N4OS. The summed E-state index contributed by atoms with van der Waals surface area (Å²) in [5, 5.41) is 0. The van der Waals surface area contributed by atoms with Gasteiger partial charge in [-0.25, -0.2) is 4.98 Å². The van der Waals surface area contributed by atoms with Gasteiger partial charge in [0.25, 0.3) is 0 Å². The Bertz CT molecular complexity index is 483. The molecule has 1 heterocycles. The third-order valence-electron chi connectivity index (χ3n) is 3.53. The highest BCUT2D eigenvalue weighted by Gasteiger charge is 2.17. The van der Waals surface area contributed by atoms with Gasteiger partial charge in [-0.3, -0.25) is 4.79 Å². The van der Waals surface area contributed by atoms with Crippen molar-refractivity contribution in [3.63, 3.8) is 0 Å². The van der Waals surface area contributed by atoms with Crippen molar-refractivity contribution in [2.24, 2.45) is 5.73 Å². The van der Waals surface area contributed by atoms with Crippen LogP contribution < -0.4 is 5.73 Å². The van der Waals surface area contributed by atoms with Crippen molar-refractivity contribution in [3.05, 3.63) is 17.7 Å². The van der Waals surface area contributed by atoms with Crippen LogP contribution in [0, 0.1) is 0 Å². The van der Waals surface area contributed by atoms with Gasteiger partial charge >= 0.3 is 0 Å². The molecule has 2 rings (SSSR count). The van der Waals surface area contributed by atoms with Crippen molar-refractivity contribution >= 4 is 23.1 Å². The Kier molecular flexibility index (Phi) is 4.52. The number of amides is 1. The number of fused-ring (bicyclic) bond motifs is 1. The van der Waals surface area contributed by atoms with E-state index < -0.39 is 0 Å². The molecule has 0 bridgehead atoms. The first-order valence-electron chi connectivity index (χ1n) is 6.63. The summed E-state index contributed by atoms with van der Waals surface area (Å²) in [4.78, 5) is 18.6. The molecule has 2 N–H and O–H groups in total. The number of rotatable bonds is 5. The SMILES string of the molecule is CN(CCC(N)=S)C(=O)Cn1cnc2c1CCCC2. The average molecular weight is 280 g/mol. The number of imidazole rings is 1. The van der Waals surface area contributed by atoms with Crippen LogP contribution in [0.15, 0.2) is 6.33 Å². The minimum absolute atomic E-state index is 0.0713. The summed E-state index contributed by atoms with van der Waals surface area (Å²) < 4.78 is 1.98. The predicted molar refractivity (Wildman–Crippen MR) is 77.9 cm³/mol. The smallest absolute Gasteiger partial charge is 0.242 e. The van der Waals surface area contributed by atoms with E-state index in [-0.39, 0.29) is 5.91 Å². The summed E-state index contributed by atoms with van der Waals surface area (Å²) in [5.41, 5.74) is 7.83. The van der Waals surface area contributed by atoms with E-state index in [4.69, 9.17) is 18.0 Å². The lowest BCUT2D eigenvalue weighted by Gasteiger charge is -2.19. The molecule has 0 aliphatic heterocycles. The van der Waals surface area contributed by atoms with Crippen LogP contribution in [-0.4, -0.2) is 38.9 Å². The Labute approximate surface area is 118 Å². The molecular weight excluding hydrogens is 260 g/mol. The topological polar surface area (TPSA) is 64.2 Å². The van der Waals surface area contributed by atoms with Crippen LogP contribution >= 0.6 is 12.2 Å². The number of nitrogens with two attached hydrogens (primary N) is 1. The van der Waals surface area contributed by atoms with E-state index >= 15 is 0 Å². The van der Waals surface area contributed by atoms with Crippen molar-refractivity contribution in [1.29, 1.82) is 0 Å². The number of hydrogen-bond donors (Lipinski definition) is 1. The van der Waals surface area contributed by atoms with Crippen LogP contribution in [-0.2, 0) is 24.2 Å². The zero-order valence-corrected chi connectivity index (χ0v) is 12.1. The summed E-state index contributed by atoms with van der Waals surface area (Å²) in [6.07, 6.45) is 6.80. The summed E-state index contributed by atoms with van der Waals surface area (Å²) in [7, 11) is 1.78. The third kappa shape index (κ3) is 3.53. The fourth-order valence-corrected chi connectivity index (χ4v) is 2.43. The normalized spacial score (nSPS) is 13.9. The van der Waals surface area contributed by atoms with Gasteiger partial charge in [-0.05, 0) is 25.7 Å². The number of aryl methyl sites for hydroxylation is 1. The number of thiocarbonyl (C=S) groups is 1. The van der Waals surface area contributed by atoms with E-state index in [0.29, 0.717) is 24.5 Å². The predicted octanol–water partition coefficient (Wildman–Crippen LogP) is 0.897. The molecule has 0 saturated heterocycles. The second-order valence-electron chi connectivity index (χ2n) is 5.00. The molecule has 6 heteroatoms. The van der Waals surface area contributed by atoms with Gasteiger partial charge in [0.2, 0.25) is 5.91 Å². The molecule has 1 aromatic rings. The van der Waals surface area contributed by atoms with Crippen molar-refractivity contribution in [2.75, 3.05) is 13.6 Å². The molecule has 1 aliphatic rings. The van der Waals surface area contributed by atoms with Gasteiger partial charge in [0.1, 0.15) is 6.54 Å². The van der Waals surface area contributed by atoms with Gasteiger partial charge < -0.3 is 15.2 Å². The van der Waals surface area contributed by atoms with Crippen LogP contribution in [0.1, 0.15) is 30.7 Å². The summed E-state index contributed by atoms with van der Waals surface area (Å²) in [6, 6.07) is 0. The van der Waals surface area contributed by atoms with Crippen LogP contribution in [0.2, 0.25) is 0 Å². The van der Waals surface area contributed by atoms with E-state index in [0.717, 1.165) is 18.5 Å². The number of likely N-dealkylation sites (N-methyl/N-ethyl adjacent to an activating group) is 1. The second kappa shape index (κ2) is 6.14. The second-order valence-corrected chi connectivity index (χ2v) is 5.53. The molecule has 0 fully saturated rings. The van der Waals surface area contributed by atoms with Gasteiger partial charge in [-0.1, -0.05) is 12.2 Å². The monoisotopic (exact) mass is 280 g/mol. The zero-order valence-electron chi connectivity index (χ0n) is 11.3. The highest BCUT2D eigenvalue weighted by molar-refractivity contribution is 7.80.